The Balaban J connectivity index is 3.49. The Hall–Kier alpha value is -0.220. The summed E-state index contributed by atoms with van der Waals surface area (Å²) in [5.74, 6) is -0.183. The molecule has 4 heteroatoms. The standard InChI is InChI=1S/C10H12Br2O2/c1-10(2,3)5-4-6(11)7(12)9(14)8(5)13/h4,13-14H,1-3H3. The van der Waals surface area contributed by atoms with Crippen LogP contribution in [-0.4, -0.2) is 10.2 Å². The molecule has 0 aliphatic heterocycles. The second-order valence-corrected chi connectivity index (χ2v) is 5.81. The lowest BCUT2D eigenvalue weighted by Crippen LogP contribution is -2.11. The van der Waals surface area contributed by atoms with Gasteiger partial charge in [0.15, 0.2) is 11.5 Å². The fraction of sp³-hybridized carbons (Fsp3) is 0.400. The smallest absolute Gasteiger partial charge is 0.173 e. The van der Waals surface area contributed by atoms with E-state index < -0.39 is 0 Å². The second kappa shape index (κ2) is 3.74. The highest BCUT2D eigenvalue weighted by Gasteiger charge is 2.23. The number of hydrogen-bond acceptors (Lipinski definition) is 2. The van der Waals surface area contributed by atoms with Crippen LogP contribution >= 0.6 is 31.9 Å². The number of hydrogen-bond donors (Lipinski definition) is 2. The van der Waals surface area contributed by atoms with Crippen molar-refractivity contribution in [2.45, 2.75) is 26.2 Å². The fourth-order valence-electron chi connectivity index (χ4n) is 1.17. The van der Waals surface area contributed by atoms with Crippen molar-refractivity contribution in [2.75, 3.05) is 0 Å². The third-order valence-electron chi connectivity index (χ3n) is 1.98. The zero-order valence-electron chi connectivity index (χ0n) is 8.23. The summed E-state index contributed by atoms with van der Waals surface area (Å²) >= 11 is 6.48. The highest BCUT2D eigenvalue weighted by atomic mass is 79.9. The third kappa shape index (κ3) is 2.06. The summed E-state index contributed by atoms with van der Waals surface area (Å²) in [6, 6.07) is 1.80. The Morgan fingerprint density at radius 1 is 1.07 bits per heavy atom. The van der Waals surface area contributed by atoms with Crippen molar-refractivity contribution < 1.29 is 10.2 Å². The Kier molecular flexibility index (Phi) is 3.17. The number of benzene rings is 1. The molecule has 0 atom stereocenters. The molecule has 0 unspecified atom stereocenters. The minimum absolute atomic E-state index is 0.0624. The Bertz CT molecular complexity index is 367. The Labute approximate surface area is 100 Å². The largest absolute Gasteiger partial charge is 0.504 e. The highest BCUT2D eigenvalue weighted by Crippen LogP contribution is 2.45. The molecule has 0 aromatic heterocycles. The quantitative estimate of drug-likeness (QED) is 0.710. The SMILES string of the molecule is CC(C)(C)c1cc(Br)c(Br)c(O)c1O. The highest BCUT2D eigenvalue weighted by molar-refractivity contribution is 9.13. The summed E-state index contributed by atoms with van der Waals surface area (Å²) in [6.45, 7) is 5.92. The monoisotopic (exact) mass is 322 g/mol. The third-order valence-corrected chi connectivity index (χ3v) is 3.94. The number of halogens is 2. The van der Waals surface area contributed by atoms with Crippen LogP contribution in [0.2, 0.25) is 0 Å². The lowest BCUT2D eigenvalue weighted by atomic mass is 9.86. The summed E-state index contributed by atoms with van der Waals surface area (Å²) in [6.07, 6.45) is 0. The van der Waals surface area contributed by atoms with Crippen molar-refractivity contribution in [1.29, 1.82) is 0 Å². The molecule has 1 rings (SSSR count). The average molecular weight is 324 g/mol. The van der Waals surface area contributed by atoms with E-state index in [0.717, 1.165) is 4.47 Å². The molecule has 0 aliphatic carbocycles. The van der Waals surface area contributed by atoms with Crippen molar-refractivity contribution in [3.8, 4) is 11.5 Å². The van der Waals surface area contributed by atoms with Crippen molar-refractivity contribution in [2.24, 2.45) is 0 Å². The van der Waals surface area contributed by atoms with Gasteiger partial charge >= 0.3 is 0 Å². The van der Waals surface area contributed by atoms with E-state index in [4.69, 9.17) is 0 Å². The van der Waals surface area contributed by atoms with E-state index in [-0.39, 0.29) is 16.9 Å². The van der Waals surface area contributed by atoms with Gasteiger partial charge in [-0.05, 0) is 43.3 Å². The number of phenolic OH excluding ortho intramolecular Hbond substituents is 2. The van der Waals surface area contributed by atoms with Crippen molar-refractivity contribution in [3.63, 3.8) is 0 Å². The molecule has 2 N–H and O–H groups in total. The zero-order valence-corrected chi connectivity index (χ0v) is 11.4. The van der Waals surface area contributed by atoms with Gasteiger partial charge in [-0.3, -0.25) is 0 Å². The Morgan fingerprint density at radius 2 is 1.57 bits per heavy atom. The number of rotatable bonds is 0. The second-order valence-electron chi connectivity index (χ2n) is 4.17. The van der Waals surface area contributed by atoms with Crippen molar-refractivity contribution in [1.82, 2.24) is 0 Å². The van der Waals surface area contributed by atoms with Gasteiger partial charge < -0.3 is 10.2 Å². The molecule has 0 heterocycles. The number of aromatic hydroxyl groups is 2. The van der Waals surface area contributed by atoms with Gasteiger partial charge in [-0.1, -0.05) is 20.8 Å². The summed E-state index contributed by atoms with van der Waals surface area (Å²) in [5.41, 5.74) is 0.509. The lowest BCUT2D eigenvalue weighted by molar-refractivity contribution is 0.386. The van der Waals surface area contributed by atoms with Gasteiger partial charge in [0.05, 0.1) is 4.47 Å². The van der Waals surface area contributed by atoms with Crippen molar-refractivity contribution in [3.05, 3.63) is 20.6 Å². The predicted molar refractivity (Wildman–Crippen MR) is 63.9 cm³/mol. The lowest BCUT2D eigenvalue weighted by Gasteiger charge is -2.21. The maximum absolute atomic E-state index is 9.74. The van der Waals surface area contributed by atoms with Crippen LogP contribution in [-0.2, 0) is 5.41 Å². The fourth-order valence-corrected chi connectivity index (χ4v) is 1.89. The van der Waals surface area contributed by atoms with E-state index in [1.54, 1.807) is 6.07 Å². The summed E-state index contributed by atoms with van der Waals surface area (Å²) < 4.78 is 1.21. The first kappa shape index (κ1) is 11.9. The minimum atomic E-state index is -0.204. The van der Waals surface area contributed by atoms with Crippen LogP contribution in [0.1, 0.15) is 26.3 Å². The topological polar surface area (TPSA) is 40.5 Å². The van der Waals surface area contributed by atoms with E-state index in [0.29, 0.717) is 10.0 Å². The first-order valence-corrected chi connectivity index (χ1v) is 5.74. The maximum atomic E-state index is 9.74. The average Bonchev–Trinajstić information content (AvgIpc) is 2.06. The predicted octanol–water partition coefficient (Wildman–Crippen LogP) is 3.92. The van der Waals surface area contributed by atoms with Crippen LogP contribution in [0.4, 0.5) is 0 Å². The molecule has 1 aromatic carbocycles. The van der Waals surface area contributed by atoms with E-state index >= 15 is 0 Å². The van der Waals surface area contributed by atoms with E-state index in [1.165, 1.54) is 0 Å². The zero-order chi connectivity index (χ0) is 11.1. The molecule has 1 aromatic rings. The van der Waals surface area contributed by atoms with Gasteiger partial charge in [0.1, 0.15) is 0 Å². The van der Waals surface area contributed by atoms with E-state index in [9.17, 15) is 10.2 Å². The van der Waals surface area contributed by atoms with Crippen LogP contribution in [0, 0.1) is 0 Å². The molecule has 0 saturated carbocycles. The normalized spacial score (nSPS) is 11.8. The van der Waals surface area contributed by atoms with Crippen LogP contribution in [0.15, 0.2) is 15.0 Å². The molecule has 0 fully saturated rings. The molecule has 0 amide bonds. The minimum Gasteiger partial charge on any atom is -0.504 e. The molecule has 0 spiro atoms. The number of phenols is 2. The summed E-state index contributed by atoms with van der Waals surface area (Å²) in [4.78, 5) is 0. The molecule has 0 radical (unpaired) electrons. The van der Waals surface area contributed by atoms with Crippen LogP contribution in [0.5, 0.6) is 11.5 Å². The molecule has 2 nitrogen and oxygen atoms in total. The Morgan fingerprint density at radius 3 is 2.00 bits per heavy atom. The van der Waals surface area contributed by atoms with Gasteiger partial charge in [-0.25, -0.2) is 0 Å². The first-order chi connectivity index (χ1) is 6.25. The first-order valence-electron chi connectivity index (χ1n) is 4.15. The molecule has 0 bridgehead atoms. The van der Waals surface area contributed by atoms with Crippen LogP contribution in [0.25, 0.3) is 0 Å². The summed E-state index contributed by atoms with van der Waals surface area (Å²) in [5, 5.41) is 19.3. The van der Waals surface area contributed by atoms with Crippen LogP contribution in [0.3, 0.4) is 0 Å². The molecular formula is C10H12Br2O2. The van der Waals surface area contributed by atoms with Gasteiger partial charge in [0.25, 0.3) is 0 Å². The van der Waals surface area contributed by atoms with Gasteiger partial charge in [0.2, 0.25) is 0 Å². The van der Waals surface area contributed by atoms with E-state index in [1.807, 2.05) is 20.8 Å². The maximum Gasteiger partial charge on any atom is 0.173 e. The van der Waals surface area contributed by atoms with Gasteiger partial charge in [-0.15, -0.1) is 0 Å². The molecule has 0 saturated heterocycles. The van der Waals surface area contributed by atoms with Gasteiger partial charge in [-0.2, -0.15) is 0 Å². The molecule has 14 heavy (non-hydrogen) atoms. The molecule has 0 aliphatic rings. The van der Waals surface area contributed by atoms with Crippen molar-refractivity contribution >= 4 is 31.9 Å². The van der Waals surface area contributed by atoms with E-state index in [2.05, 4.69) is 31.9 Å². The molecular weight excluding hydrogens is 312 g/mol. The van der Waals surface area contributed by atoms with Crippen LogP contribution < -0.4 is 0 Å². The molecule has 78 valence electrons. The summed E-state index contributed by atoms with van der Waals surface area (Å²) in [7, 11) is 0. The van der Waals surface area contributed by atoms with Gasteiger partial charge in [0, 0.05) is 10.0 Å².